The highest BCUT2D eigenvalue weighted by atomic mass is 32.2. The monoisotopic (exact) mass is 325 g/mol. The van der Waals surface area contributed by atoms with Crippen LogP contribution in [0.2, 0.25) is 0 Å². The van der Waals surface area contributed by atoms with Crippen molar-refractivity contribution in [1.29, 1.82) is 0 Å². The summed E-state index contributed by atoms with van der Waals surface area (Å²) < 4.78 is 41.2. The van der Waals surface area contributed by atoms with Crippen molar-refractivity contribution < 1.29 is 22.2 Å². The van der Waals surface area contributed by atoms with Gasteiger partial charge in [-0.05, 0) is 18.8 Å². The van der Waals surface area contributed by atoms with E-state index in [0.717, 1.165) is 12.8 Å². The van der Waals surface area contributed by atoms with Gasteiger partial charge in [-0.3, -0.25) is 9.00 Å². The van der Waals surface area contributed by atoms with E-state index in [-0.39, 0.29) is 23.6 Å². The SMILES string of the molecule is COC(=O)CC(C)S(=O)CC1CCCN(S(C)(=O)=O)C1. The number of piperidine rings is 1. The first kappa shape index (κ1) is 17.6. The molecule has 118 valence electrons. The molecule has 0 aromatic rings. The largest absolute Gasteiger partial charge is 0.469 e. The number of ether oxygens (including phenoxy) is 1. The predicted molar refractivity (Wildman–Crippen MR) is 78.2 cm³/mol. The van der Waals surface area contributed by atoms with E-state index in [2.05, 4.69) is 4.74 Å². The first-order valence-electron chi connectivity index (χ1n) is 6.63. The molecule has 3 unspecified atom stereocenters. The average Bonchev–Trinajstić information content (AvgIpc) is 2.37. The molecular formula is C12H23NO5S2. The fourth-order valence-electron chi connectivity index (χ4n) is 2.27. The summed E-state index contributed by atoms with van der Waals surface area (Å²) in [6.07, 6.45) is 3.00. The topological polar surface area (TPSA) is 80.8 Å². The van der Waals surface area contributed by atoms with Crippen LogP contribution in [0.1, 0.15) is 26.2 Å². The van der Waals surface area contributed by atoms with Crippen molar-refractivity contribution in [2.24, 2.45) is 5.92 Å². The van der Waals surface area contributed by atoms with E-state index in [0.29, 0.717) is 18.8 Å². The Labute approximate surface area is 123 Å². The number of carbonyl (C=O) groups excluding carboxylic acids is 1. The number of hydrogen-bond donors (Lipinski definition) is 0. The van der Waals surface area contributed by atoms with Crippen LogP contribution in [0.5, 0.6) is 0 Å². The summed E-state index contributed by atoms with van der Waals surface area (Å²) >= 11 is 0. The molecule has 1 aliphatic heterocycles. The second-order valence-electron chi connectivity index (χ2n) is 5.27. The van der Waals surface area contributed by atoms with Gasteiger partial charge in [0.1, 0.15) is 0 Å². The quantitative estimate of drug-likeness (QED) is 0.659. The number of nitrogens with zero attached hydrogens (tertiary/aromatic N) is 1. The van der Waals surface area contributed by atoms with E-state index in [1.807, 2.05) is 0 Å². The molecule has 0 bridgehead atoms. The molecule has 0 spiro atoms. The lowest BCUT2D eigenvalue weighted by molar-refractivity contribution is -0.140. The molecule has 0 N–H and O–H groups in total. The number of methoxy groups -OCH3 is 1. The molecule has 0 aromatic carbocycles. The smallest absolute Gasteiger partial charge is 0.306 e. The van der Waals surface area contributed by atoms with Crippen LogP contribution in [0.3, 0.4) is 0 Å². The Morgan fingerprint density at radius 2 is 2.15 bits per heavy atom. The van der Waals surface area contributed by atoms with Crippen LogP contribution in [0.15, 0.2) is 0 Å². The Morgan fingerprint density at radius 3 is 2.70 bits per heavy atom. The minimum Gasteiger partial charge on any atom is -0.469 e. The fraction of sp³-hybridized carbons (Fsp3) is 0.917. The van der Waals surface area contributed by atoms with Gasteiger partial charge >= 0.3 is 5.97 Å². The van der Waals surface area contributed by atoms with Crippen LogP contribution < -0.4 is 0 Å². The van der Waals surface area contributed by atoms with Crippen molar-refractivity contribution >= 4 is 26.8 Å². The lowest BCUT2D eigenvalue weighted by Gasteiger charge is -2.31. The van der Waals surface area contributed by atoms with Crippen LogP contribution in [0.4, 0.5) is 0 Å². The normalized spacial score (nSPS) is 24.1. The molecule has 1 fully saturated rings. The van der Waals surface area contributed by atoms with Gasteiger partial charge in [0.05, 0.1) is 19.8 Å². The van der Waals surface area contributed by atoms with Crippen molar-refractivity contribution in [2.75, 3.05) is 32.2 Å². The molecule has 1 heterocycles. The van der Waals surface area contributed by atoms with E-state index < -0.39 is 20.8 Å². The number of carbonyl (C=O) groups is 1. The zero-order chi connectivity index (χ0) is 15.3. The highest BCUT2D eigenvalue weighted by Crippen LogP contribution is 2.20. The summed E-state index contributed by atoms with van der Waals surface area (Å²) in [5.41, 5.74) is 0. The maximum absolute atomic E-state index is 12.2. The molecule has 0 aromatic heterocycles. The van der Waals surface area contributed by atoms with Crippen molar-refractivity contribution in [3.8, 4) is 0 Å². The van der Waals surface area contributed by atoms with Gasteiger partial charge in [-0.15, -0.1) is 0 Å². The van der Waals surface area contributed by atoms with Crippen molar-refractivity contribution in [1.82, 2.24) is 4.31 Å². The van der Waals surface area contributed by atoms with Crippen LogP contribution in [0, 0.1) is 5.92 Å². The number of esters is 1. The molecule has 20 heavy (non-hydrogen) atoms. The van der Waals surface area contributed by atoms with Crippen molar-refractivity contribution in [2.45, 2.75) is 31.4 Å². The summed E-state index contributed by atoms with van der Waals surface area (Å²) in [4.78, 5) is 11.2. The van der Waals surface area contributed by atoms with Gasteiger partial charge in [0.2, 0.25) is 10.0 Å². The van der Waals surface area contributed by atoms with Gasteiger partial charge in [0.15, 0.2) is 0 Å². The Hall–Kier alpha value is -0.470. The molecule has 0 radical (unpaired) electrons. The van der Waals surface area contributed by atoms with Crippen LogP contribution in [-0.4, -0.2) is 60.4 Å². The minimum atomic E-state index is -3.18. The van der Waals surface area contributed by atoms with Crippen LogP contribution in [-0.2, 0) is 30.4 Å². The van der Waals surface area contributed by atoms with E-state index in [4.69, 9.17) is 0 Å². The van der Waals surface area contributed by atoms with Gasteiger partial charge < -0.3 is 4.74 Å². The summed E-state index contributed by atoms with van der Waals surface area (Å²) in [6.45, 7) is 2.72. The van der Waals surface area contributed by atoms with Crippen LogP contribution in [0.25, 0.3) is 0 Å². The van der Waals surface area contributed by atoms with Crippen molar-refractivity contribution in [3.63, 3.8) is 0 Å². The van der Waals surface area contributed by atoms with Gasteiger partial charge in [-0.25, -0.2) is 12.7 Å². The summed E-state index contributed by atoms with van der Waals surface area (Å²) in [5, 5.41) is -0.268. The van der Waals surface area contributed by atoms with E-state index in [9.17, 15) is 17.4 Å². The molecular weight excluding hydrogens is 302 g/mol. The van der Waals surface area contributed by atoms with E-state index in [1.165, 1.54) is 17.7 Å². The number of sulfonamides is 1. The van der Waals surface area contributed by atoms with E-state index >= 15 is 0 Å². The highest BCUT2D eigenvalue weighted by Gasteiger charge is 2.28. The predicted octanol–water partition coefficient (Wildman–Crippen LogP) is 0.358. The maximum Gasteiger partial charge on any atom is 0.306 e. The molecule has 1 saturated heterocycles. The zero-order valence-corrected chi connectivity index (χ0v) is 13.8. The Kier molecular flexibility index (Phi) is 6.60. The Morgan fingerprint density at radius 1 is 1.50 bits per heavy atom. The summed E-state index contributed by atoms with van der Waals surface area (Å²) in [5.74, 6) is 0.163. The highest BCUT2D eigenvalue weighted by molar-refractivity contribution is 7.88. The third-order valence-corrected chi connectivity index (χ3v) is 6.62. The van der Waals surface area contributed by atoms with Gasteiger partial charge in [-0.1, -0.05) is 6.92 Å². The molecule has 1 rings (SSSR count). The van der Waals surface area contributed by atoms with Crippen molar-refractivity contribution in [3.05, 3.63) is 0 Å². The first-order valence-corrected chi connectivity index (χ1v) is 9.86. The van der Waals surface area contributed by atoms with Gasteiger partial charge in [0.25, 0.3) is 0 Å². The van der Waals surface area contributed by atoms with Gasteiger partial charge in [0, 0.05) is 34.9 Å². The number of rotatable bonds is 6. The second kappa shape index (κ2) is 7.51. The zero-order valence-electron chi connectivity index (χ0n) is 12.2. The maximum atomic E-state index is 12.2. The third kappa shape index (κ3) is 5.49. The molecule has 1 aliphatic rings. The molecule has 0 aliphatic carbocycles. The number of hydrogen-bond acceptors (Lipinski definition) is 5. The standard InChI is InChI=1S/C12H23NO5S2/c1-10(7-12(14)18-2)19(15)9-11-5-4-6-13(8-11)20(3,16)17/h10-11H,4-9H2,1-3H3. The molecule has 0 saturated carbocycles. The molecule has 0 amide bonds. The Balaban J connectivity index is 2.51. The fourth-order valence-corrected chi connectivity index (χ4v) is 4.60. The average molecular weight is 325 g/mol. The Bertz CT molecular complexity index is 462. The molecule has 6 nitrogen and oxygen atoms in total. The van der Waals surface area contributed by atoms with Crippen LogP contribution >= 0.6 is 0 Å². The second-order valence-corrected chi connectivity index (χ2v) is 9.15. The first-order chi connectivity index (χ1) is 9.24. The lowest BCUT2D eigenvalue weighted by atomic mass is 10.0. The summed E-state index contributed by atoms with van der Waals surface area (Å²) in [6, 6.07) is 0. The molecule has 8 heteroatoms. The van der Waals surface area contributed by atoms with Gasteiger partial charge in [-0.2, -0.15) is 0 Å². The molecule has 3 atom stereocenters. The van der Waals surface area contributed by atoms with E-state index in [1.54, 1.807) is 6.92 Å². The minimum absolute atomic E-state index is 0.0967. The lowest BCUT2D eigenvalue weighted by Crippen LogP contribution is -2.41. The summed E-state index contributed by atoms with van der Waals surface area (Å²) in [7, 11) is -3.02. The third-order valence-electron chi connectivity index (χ3n) is 3.48.